The number of hydrogen-bond acceptors (Lipinski definition) is 4. The fourth-order valence-corrected chi connectivity index (χ4v) is 1.10. The molecule has 0 amide bonds. The second kappa shape index (κ2) is 7.04. The maximum absolute atomic E-state index is 11.6. The third-order valence-electron chi connectivity index (χ3n) is 2.22. The molecule has 0 bridgehead atoms. The summed E-state index contributed by atoms with van der Waals surface area (Å²) in [5.74, 6) is -1.11. The van der Waals surface area contributed by atoms with Crippen molar-refractivity contribution >= 4 is 11.9 Å². The molecule has 0 atom stereocenters. The number of allylic oxidation sites excluding steroid dienone is 1. The van der Waals surface area contributed by atoms with Crippen molar-refractivity contribution in [2.45, 2.75) is 34.6 Å². The molecule has 4 nitrogen and oxygen atoms in total. The number of carbonyl (C=O) groups is 2. The molecule has 16 heavy (non-hydrogen) atoms. The van der Waals surface area contributed by atoms with E-state index in [0.29, 0.717) is 5.57 Å². The van der Waals surface area contributed by atoms with Gasteiger partial charge in [0.25, 0.3) is 0 Å². The van der Waals surface area contributed by atoms with Gasteiger partial charge in [0.1, 0.15) is 5.57 Å². The molecule has 0 aromatic heterocycles. The van der Waals surface area contributed by atoms with E-state index in [2.05, 4.69) is 0 Å². The minimum absolute atomic E-state index is 0.0266. The molecule has 0 N–H and O–H groups in total. The van der Waals surface area contributed by atoms with Crippen LogP contribution in [0, 0.1) is 5.92 Å². The van der Waals surface area contributed by atoms with Crippen LogP contribution in [0.2, 0.25) is 0 Å². The first-order valence-electron chi connectivity index (χ1n) is 5.50. The van der Waals surface area contributed by atoms with Gasteiger partial charge in [-0.1, -0.05) is 13.8 Å². The molecule has 0 fully saturated rings. The Kier molecular flexibility index (Phi) is 6.46. The van der Waals surface area contributed by atoms with Crippen LogP contribution in [-0.4, -0.2) is 25.2 Å². The van der Waals surface area contributed by atoms with E-state index in [4.69, 9.17) is 9.47 Å². The zero-order valence-corrected chi connectivity index (χ0v) is 10.6. The molecule has 92 valence electrons. The van der Waals surface area contributed by atoms with Crippen molar-refractivity contribution in [3.63, 3.8) is 0 Å². The van der Waals surface area contributed by atoms with E-state index in [0.717, 1.165) is 0 Å². The summed E-state index contributed by atoms with van der Waals surface area (Å²) in [4.78, 5) is 23.2. The minimum Gasteiger partial charge on any atom is -0.462 e. The highest BCUT2D eigenvalue weighted by molar-refractivity contribution is 6.14. The Morgan fingerprint density at radius 2 is 1.38 bits per heavy atom. The molecular weight excluding hydrogens is 208 g/mol. The first-order chi connectivity index (χ1) is 7.45. The number of ether oxygens (including phenoxy) is 2. The average molecular weight is 228 g/mol. The van der Waals surface area contributed by atoms with E-state index in [9.17, 15) is 9.59 Å². The molecule has 0 radical (unpaired) electrons. The molecule has 0 unspecified atom stereocenters. The Morgan fingerprint density at radius 1 is 1.00 bits per heavy atom. The zero-order valence-electron chi connectivity index (χ0n) is 10.6. The van der Waals surface area contributed by atoms with Crippen LogP contribution in [0.4, 0.5) is 0 Å². The van der Waals surface area contributed by atoms with Crippen LogP contribution in [-0.2, 0) is 19.1 Å². The average Bonchev–Trinajstić information content (AvgIpc) is 2.18. The van der Waals surface area contributed by atoms with Crippen molar-refractivity contribution in [1.29, 1.82) is 0 Å². The van der Waals surface area contributed by atoms with Gasteiger partial charge >= 0.3 is 11.9 Å². The van der Waals surface area contributed by atoms with Gasteiger partial charge in [-0.25, -0.2) is 9.59 Å². The van der Waals surface area contributed by atoms with Crippen molar-refractivity contribution in [3.05, 3.63) is 11.1 Å². The highest BCUT2D eigenvalue weighted by atomic mass is 16.6. The van der Waals surface area contributed by atoms with Gasteiger partial charge in [0, 0.05) is 0 Å². The predicted molar refractivity (Wildman–Crippen MR) is 60.8 cm³/mol. The maximum Gasteiger partial charge on any atom is 0.345 e. The topological polar surface area (TPSA) is 52.6 Å². The van der Waals surface area contributed by atoms with Crippen LogP contribution in [0.3, 0.4) is 0 Å². The molecular formula is C12H20O4. The predicted octanol–water partition coefficient (Wildman–Crippen LogP) is 2.09. The van der Waals surface area contributed by atoms with Crippen molar-refractivity contribution < 1.29 is 19.1 Å². The largest absolute Gasteiger partial charge is 0.462 e. The third-order valence-corrected chi connectivity index (χ3v) is 2.22. The lowest BCUT2D eigenvalue weighted by Gasteiger charge is -2.12. The Balaban J connectivity index is 5.13. The van der Waals surface area contributed by atoms with Crippen LogP contribution in [0.5, 0.6) is 0 Å². The molecule has 0 spiro atoms. The van der Waals surface area contributed by atoms with E-state index in [1.807, 2.05) is 13.8 Å². The van der Waals surface area contributed by atoms with Crippen LogP contribution in [0.1, 0.15) is 34.6 Å². The lowest BCUT2D eigenvalue weighted by molar-refractivity contribution is -0.146. The van der Waals surface area contributed by atoms with Gasteiger partial charge < -0.3 is 9.47 Å². The Bertz CT molecular complexity index is 269. The van der Waals surface area contributed by atoms with Crippen LogP contribution in [0.15, 0.2) is 11.1 Å². The van der Waals surface area contributed by atoms with Crippen molar-refractivity contribution in [2.24, 2.45) is 5.92 Å². The molecule has 0 aromatic rings. The van der Waals surface area contributed by atoms with Crippen LogP contribution >= 0.6 is 0 Å². The van der Waals surface area contributed by atoms with Gasteiger partial charge in [-0.15, -0.1) is 0 Å². The Morgan fingerprint density at radius 3 is 1.62 bits per heavy atom. The normalized spacial score (nSPS) is 9.88. The third kappa shape index (κ3) is 4.04. The quantitative estimate of drug-likeness (QED) is 0.313. The summed E-state index contributed by atoms with van der Waals surface area (Å²) < 4.78 is 9.69. The van der Waals surface area contributed by atoms with Crippen LogP contribution < -0.4 is 0 Å². The number of carbonyl (C=O) groups excluding carboxylic acids is 2. The number of rotatable bonds is 5. The monoisotopic (exact) mass is 228 g/mol. The Hall–Kier alpha value is -1.32. The maximum atomic E-state index is 11.6. The second-order valence-electron chi connectivity index (χ2n) is 3.65. The smallest absolute Gasteiger partial charge is 0.345 e. The molecule has 0 aromatic carbocycles. The van der Waals surface area contributed by atoms with Crippen molar-refractivity contribution in [2.75, 3.05) is 13.2 Å². The van der Waals surface area contributed by atoms with Crippen molar-refractivity contribution in [3.8, 4) is 0 Å². The molecule has 0 rings (SSSR count). The highest BCUT2D eigenvalue weighted by Gasteiger charge is 2.24. The van der Waals surface area contributed by atoms with Gasteiger partial charge in [-0.2, -0.15) is 0 Å². The van der Waals surface area contributed by atoms with Gasteiger partial charge in [-0.05, 0) is 32.3 Å². The summed E-state index contributed by atoms with van der Waals surface area (Å²) in [6.07, 6.45) is 0. The van der Waals surface area contributed by atoms with Gasteiger partial charge in [0.2, 0.25) is 0 Å². The highest BCUT2D eigenvalue weighted by Crippen LogP contribution is 2.17. The molecule has 0 aliphatic carbocycles. The summed E-state index contributed by atoms with van der Waals surface area (Å²) in [5, 5.41) is 0. The van der Waals surface area contributed by atoms with Gasteiger partial charge in [0.05, 0.1) is 13.2 Å². The molecule has 0 aliphatic rings. The lowest BCUT2D eigenvalue weighted by atomic mass is 9.99. The number of hydrogen-bond donors (Lipinski definition) is 0. The molecule has 0 saturated carbocycles. The van der Waals surface area contributed by atoms with E-state index in [-0.39, 0.29) is 24.7 Å². The zero-order chi connectivity index (χ0) is 12.7. The van der Waals surface area contributed by atoms with Crippen molar-refractivity contribution in [1.82, 2.24) is 0 Å². The lowest BCUT2D eigenvalue weighted by Crippen LogP contribution is -2.21. The summed E-state index contributed by atoms with van der Waals surface area (Å²) in [6.45, 7) is 9.45. The SMILES string of the molecule is CCOC(=O)C(C(=O)OCC)=C(C)C(C)C. The second-order valence-corrected chi connectivity index (χ2v) is 3.65. The van der Waals surface area contributed by atoms with Gasteiger partial charge in [0.15, 0.2) is 0 Å². The summed E-state index contributed by atoms with van der Waals surface area (Å²) >= 11 is 0. The molecule has 0 saturated heterocycles. The van der Waals surface area contributed by atoms with Crippen LogP contribution in [0.25, 0.3) is 0 Å². The van der Waals surface area contributed by atoms with E-state index < -0.39 is 11.9 Å². The van der Waals surface area contributed by atoms with E-state index in [1.54, 1.807) is 20.8 Å². The minimum atomic E-state index is -0.604. The van der Waals surface area contributed by atoms with E-state index >= 15 is 0 Å². The fraction of sp³-hybridized carbons (Fsp3) is 0.667. The summed E-state index contributed by atoms with van der Waals surface area (Å²) in [6, 6.07) is 0. The first kappa shape index (κ1) is 14.7. The summed E-state index contributed by atoms with van der Waals surface area (Å²) in [7, 11) is 0. The molecule has 4 heteroatoms. The van der Waals surface area contributed by atoms with Gasteiger partial charge in [-0.3, -0.25) is 0 Å². The number of esters is 2. The standard InChI is InChI=1S/C12H20O4/c1-6-15-11(13)10(9(5)8(3)4)12(14)16-7-2/h8H,6-7H2,1-5H3. The molecule has 0 heterocycles. The molecule has 0 aliphatic heterocycles. The summed E-state index contributed by atoms with van der Waals surface area (Å²) in [5.41, 5.74) is 0.718. The van der Waals surface area contributed by atoms with E-state index in [1.165, 1.54) is 0 Å². The first-order valence-corrected chi connectivity index (χ1v) is 5.50. The fourth-order valence-electron chi connectivity index (χ4n) is 1.10. The Labute approximate surface area is 96.6 Å².